The zero-order chi connectivity index (χ0) is 17.6. The topological polar surface area (TPSA) is 83.2 Å². The number of hydrazine groups is 1. The fourth-order valence-electron chi connectivity index (χ4n) is 2.53. The van der Waals surface area contributed by atoms with Gasteiger partial charge in [0.2, 0.25) is 5.91 Å². The summed E-state index contributed by atoms with van der Waals surface area (Å²) < 4.78 is 5.43. The predicted octanol–water partition coefficient (Wildman–Crippen LogP) is 2.25. The van der Waals surface area contributed by atoms with E-state index in [9.17, 15) is 9.59 Å². The lowest BCUT2D eigenvalue weighted by atomic mass is 10.1. The second kappa shape index (κ2) is 7.53. The minimum absolute atomic E-state index is 0.168. The van der Waals surface area contributed by atoms with Gasteiger partial charge in [0.05, 0.1) is 6.42 Å². The van der Waals surface area contributed by atoms with E-state index in [0.29, 0.717) is 5.75 Å². The van der Waals surface area contributed by atoms with Crippen molar-refractivity contribution < 1.29 is 14.3 Å². The number of benzene rings is 2. The van der Waals surface area contributed by atoms with Crippen LogP contribution in [0, 0.1) is 6.92 Å². The van der Waals surface area contributed by atoms with E-state index >= 15 is 0 Å². The van der Waals surface area contributed by atoms with Gasteiger partial charge in [-0.25, -0.2) is 0 Å². The monoisotopic (exact) mass is 337 g/mol. The van der Waals surface area contributed by atoms with Gasteiger partial charge in [0.1, 0.15) is 5.75 Å². The summed E-state index contributed by atoms with van der Waals surface area (Å²) in [5.74, 6) is -0.0766. The van der Waals surface area contributed by atoms with Crippen molar-refractivity contribution >= 4 is 22.7 Å². The molecule has 2 amide bonds. The van der Waals surface area contributed by atoms with Crippen LogP contribution in [0.1, 0.15) is 11.1 Å². The number of rotatable bonds is 5. The van der Waals surface area contributed by atoms with Crippen LogP contribution in [0.5, 0.6) is 5.75 Å². The highest BCUT2D eigenvalue weighted by atomic mass is 16.5. The molecular formula is C19H19N3O3. The van der Waals surface area contributed by atoms with E-state index in [1.165, 1.54) is 0 Å². The standard InChI is InChI=1S/C19H19N3O3/c1-13-6-2-5-9-17(13)25-12-19(24)22-21-18(23)10-14-11-20-16-8-4-3-7-15(14)16/h2-9,11,20H,10,12H2,1H3,(H,21,23)(H,22,24). The molecule has 0 spiro atoms. The number of H-pyrrole nitrogens is 1. The normalized spacial score (nSPS) is 10.4. The van der Waals surface area contributed by atoms with Crippen LogP contribution in [0.3, 0.4) is 0 Å². The summed E-state index contributed by atoms with van der Waals surface area (Å²) in [5, 5.41) is 0.992. The van der Waals surface area contributed by atoms with Crippen molar-refractivity contribution in [1.82, 2.24) is 15.8 Å². The Kier molecular flexibility index (Phi) is 4.99. The molecule has 6 nitrogen and oxygen atoms in total. The molecule has 3 rings (SSSR count). The summed E-state index contributed by atoms with van der Waals surface area (Å²) in [7, 11) is 0. The number of aryl methyl sites for hydroxylation is 1. The van der Waals surface area contributed by atoms with Crippen molar-refractivity contribution in [3.05, 3.63) is 65.9 Å². The summed E-state index contributed by atoms with van der Waals surface area (Å²) in [6.07, 6.45) is 1.97. The molecule has 3 N–H and O–H groups in total. The molecule has 128 valence electrons. The smallest absolute Gasteiger partial charge is 0.276 e. The maximum Gasteiger partial charge on any atom is 0.276 e. The Morgan fingerprint density at radius 2 is 1.72 bits per heavy atom. The number of carbonyl (C=O) groups excluding carboxylic acids is 2. The van der Waals surface area contributed by atoms with Gasteiger partial charge in [0.25, 0.3) is 5.91 Å². The maximum absolute atomic E-state index is 12.0. The molecule has 2 aromatic carbocycles. The van der Waals surface area contributed by atoms with E-state index in [4.69, 9.17) is 4.74 Å². The zero-order valence-electron chi connectivity index (χ0n) is 13.8. The van der Waals surface area contributed by atoms with Gasteiger partial charge in [-0.3, -0.25) is 20.4 Å². The van der Waals surface area contributed by atoms with Gasteiger partial charge in [0, 0.05) is 17.1 Å². The molecule has 25 heavy (non-hydrogen) atoms. The van der Waals surface area contributed by atoms with Crippen LogP contribution < -0.4 is 15.6 Å². The molecule has 0 bridgehead atoms. The molecule has 0 saturated carbocycles. The van der Waals surface area contributed by atoms with Gasteiger partial charge < -0.3 is 9.72 Å². The van der Waals surface area contributed by atoms with E-state index in [-0.39, 0.29) is 18.9 Å². The Balaban J connectivity index is 1.47. The van der Waals surface area contributed by atoms with Gasteiger partial charge in [-0.2, -0.15) is 0 Å². The number of carbonyl (C=O) groups is 2. The first-order valence-electron chi connectivity index (χ1n) is 7.94. The van der Waals surface area contributed by atoms with E-state index in [1.54, 1.807) is 12.3 Å². The maximum atomic E-state index is 12.0. The predicted molar refractivity (Wildman–Crippen MR) is 95.0 cm³/mol. The molecule has 0 unspecified atom stereocenters. The van der Waals surface area contributed by atoms with Crippen LogP contribution in [-0.2, 0) is 16.0 Å². The van der Waals surface area contributed by atoms with Crippen molar-refractivity contribution in [3.63, 3.8) is 0 Å². The molecule has 0 aliphatic heterocycles. The number of aromatic nitrogens is 1. The third-order valence-electron chi connectivity index (χ3n) is 3.82. The van der Waals surface area contributed by atoms with E-state index in [1.807, 2.05) is 49.4 Å². The minimum Gasteiger partial charge on any atom is -0.483 e. The molecule has 1 aromatic heterocycles. The largest absolute Gasteiger partial charge is 0.483 e. The van der Waals surface area contributed by atoms with Crippen LogP contribution in [0.2, 0.25) is 0 Å². The van der Waals surface area contributed by atoms with Crippen molar-refractivity contribution in [2.45, 2.75) is 13.3 Å². The Morgan fingerprint density at radius 3 is 2.56 bits per heavy atom. The average Bonchev–Trinajstić information content (AvgIpc) is 3.02. The zero-order valence-corrected chi connectivity index (χ0v) is 13.8. The van der Waals surface area contributed by atoms with Crippen LogP contribution in [0.25, 0.3) is 10.9 Å². The first-order chi connectivity index (χ1) is 12.1. The third kappa shape index (κ3) is 4.17. The number of amides is 2. The molecule has 0 saturated heterocycles. The van der Waals surface area contributed by atoms with Crippen molar-refractivity contribution in [2.24, 2.45) is 0 Å². The van der Waals surface area contributed by atoms with Crippen molar-refractivity contribution in [1.29, 1.82) is 0 Å². The summed E-state index contributed by atoms with van der Waals surface area (Å²) >= 11 is 0. The number of aromatic amines is 1. The van der Waals surface area contributed by atoms with Gasteiger partial charge in [0.15, 0.2) is 6.61 Å². The van der Waals surface area contributed by atoms with E-state index in [0.717, 1.165) is 22.0 Å². The van der Waals surface area contributed by atoms with Crippen LogP contribution >= 0.6 is 0 Å². The van der Waals surface area contributed by atoms with Crippen molar-refractivity contribution in [2.75, 3.05) is 6.61 Å². The number of hydrogen-bond donors (Lipinski definition) is 3. The molecule has 0 atom stereocenters. The van der Waals surface area contributed by atoms with E-state index < -0.39 is 5.91 Å². The molecule has 3 aromatic rings. The van der Waals surface area contributed by atoms with Crippen molar-refractivity contribution in [3.8, 4) is 5.75 Å². The number of nitrogens with one attached hydrogen (secondary N) is 3. The number of ether oxygens (including phenoxy) is 1. The Hall–Kier alpha value is -3.28. The average molecular weight is 337 g/mol. The Bertz CT molecular complexity index is 902. The quantitative estimate of drug-likeness (QED) is 0.625. The summed E-state index contributed by atoms with van der Waals surface area (Å²) in [5.41, 5.74) is 7.55. The molecule has 0 aliphatic rings. The second-order valence-corrected chi connectivity index (χ2v) is 5.69. The highest BCUT2D eigenvalue weighted by Gasteiger charge is 2.10. The lowest BCUT2D eigenvalue weighted by Gasteiger charge is -2.10. The number of para-hydroxylation sites is 2. The van der Waals surface area contributed by atoms with Gasteiger partial charge in [-0.15, -0.1) is 0 Å². The summed E-state index contributed by atoms with van der Waals surface area (Å²) in [6, 6.07) is 15.2. The van der Waals surface area contributed by atoms with E-state index in [2.05, 4.69) is 15.8 Å². The summed E-state index contributed by atoms with van der Waals surface area (Å²) in [4.78, 5) is 26.9. The lowest BCUT2D eigenvalue weighted by molar-refractivity contribution is -0.129. The van der Waals surface area contributed by atoms with Crippen LogP contribution in [0.15, 0.2) is 54.7 Å². The van der Waals surface area contributed by atoms with Crippen LogP contribution in [-0.4, -0.2) is 23.4 Å². The highest BCUT2D eigenvalue weighted by Crippen LogP contribution is 2.18. The number of fused-ring (bicyclic) bond motifs is 1. The Morgan fingerprint density at radius 1 is 1.00 bits per heavy atom. The SMILES string of the molecule is Cc1ccccc1OCC(=O)NNC(=O)Cc1c[nH]c2ccccc12. The van der Waals surface area contributed by atoms with Gasteiger partial charge in [-0.05, 0) is 30.2 Å². The third-order valence-corrected chi connectivity index (χ3v) is 3.82. The first kappa shape index (κ1) is 16.6. The fraction of sp³-hybridized carbons (Fsp3) is 0.158. The molecule has 1 heterocycles. The molecular weight excluding hydrogens is 318 g/mol. The minimum atomic E-state index is -0.421. The lowest BCUT2D eigenvalue weighted by Crippen LogP contribution is -2.44. The molecule has 0 aliphatic carbocycles. The Labute approximate surface area is 145 Å². The summed E-state index contributed by atoms with van der Waals surface area (Å²) in [6.45, 7) is 1.73. The molecule has 0 radical (unpaired) electrons. The molecule has 0 fully saturated rings. The second-order valence-electron chi connectivity index (χ2n) is 5.69. The highest BCUT2D eigenvalue weighted by molar-refractivity contribution is 5.89. The van der Waals surface area contributed by atoms with Crippen LogP contribution in [0.4, 0.5) is 0 Å². The number of hydrogen-bond acceptors (Lipinski definition) is 3. The van der Waals surface area contributed by atoms with Gasteiger partial charge >= 0.3 is 0 Å². The first-order valence-corrected chi connectivity index (χ1v) is 7.94. The molecule has 6 heteroatoms. The fourth-order valence-corrected chi connectivity index (χ4v) is 2.53. The van der Waals surface area contributed by atoms with Gasteiger partial charge in [-0.1, -0.05) is 36.4 Å².